The lowest BCUT2D eigenvalue weighted by molar-refractivity contribution is 0.475. The van der Waals surface area contributed by atoms with Crippen molar-refractivity contribution in [1.29, 1.82) is 0 Å². The van der Waals surface area contributed by atoms with Gasteiger partial charge in [0.25, 0.3) is 5.56 Å². The molecule has 0 bridgehead atoms. The normalized spacial score (nSPS) is 12.5. The molecule has 0 aliphatic heterocycles. The van der Waals surface area contributed by atoms with Crippen LogP contribution in [0, 0.1) is 6.92 Å². The van der Waals surface area contributed by atoms with Gasteiger partial charge in [-0.25, -0.2) is 4.98 Å². The number of aryl methyl sites for hydroxylation is 1. The summed E-state index contributed by atoms with van der Waals surface area (Å²) >= 11 is 0. The summed E-state index contributed by atoms with van der Waals surface area (Å²) in [7, 11) is 0. The number of aromatic nitrogens is 2. The molecule has 0 saturated carbocycles. The summed E-state index contributed by atoms with van der Waals surface area (Å²) < 4.78 is 1.47. The van der Waals surface area contributed by atoms with Crippen molar-refractivity contribution in [2.45, 2.75) is 19.9 Å². The Morgan fingerprint density at radius 3 is 2.64 bits per heavy atom. The molecule has 1 aromatic heterocycles. The molecule has 3 aromatic rings. The lowest BCUT2D eigenvalue weighted by Crippen LogP contribution is -2.27. The molecule has 0 fully saturated rings. The molecule has 5 heteroatoms. The number of phenolic OH excluding ortho intramolecular Hbond substituents is 1. The molecule has 1 atom stereocenters. The zero-order valence-corrected chi connectivity index (χ0v) is 12.4. The minimum absolute atomic E-state index is 0.0879. The van der Waals surface area contributed by atoms with E-state index >= 15 is 0 Å². The Balaban J connectivity index is 2.46. The number of nitrogens with two attached hydrogens (primary N) is 1. The maximum absolute atomic E-state index is 13.0. The predicted molar refractivity (Wildman–Crippen MR) is 86.3 cm³/mol. The molecule has 2 aromatic carbocycles. The Kier molecular flexibility index (Phi) is 3.42. The van der Waals surface area contributed by atoms with Crippen LogP contribution in [0.2, 0.25) is 0 Å². The fourth-order valence-electron chi connectivity index (χ4n) is 2.60. The van der Waals surface area contributed by atoms with E-state index in [0.29, 0.717) is 22.4 Å². The highest BCUT2D eigenvalue weighted by Gasteiger charge is 2.16. The molecular weight excluding hydrogens is 278 g/mol. The van der Waals surface area contributed by atoms with Crippen molar-refractivity contribution >= 4 is 10.9 Å². The topological polar surface area (TPSA) is 81.1 Å². The summed E-state index contributed by atoms with van der Waals surface area (Å²) in [6.45, 7) is 3.66. The Bertz CT molecular complexity index is 913. The molecule has 1 unspecified atom stereocenters. The maximum atomic E-state index is 13.0. The van der Waals surface area contributed by atoms with Crippen molar-refractivity contribution in [3.05, 3.63) is 64.2 Å². The van der Waals surface area contributed by atoms with Gasteiger partial charge in [0.2, 0.25) is 0 Å². The molecule has 0 radical (unpaired) electrons. The Labute approximate surface area is 127 Å². The number of aromatic hydroxyl groups is 1. The van der Waals surface area contributed by atoms with Gasteiger partial charge in [0.05, 0.1) is 22.6 Å². The number of fused-ring (bicyclic) bond motifs is 1. The monoisotopic (exact) mass is 295 g/mol. The first-order valence-corrected chi connectivity index (χ1v) is 7.06. The van der Waals surface area contributed by atoms with Crippen molar-refractivity contribution in [3.8, 4) is 11.4 Å². The van der Waals surface area contributed by atoms with Crippen molar-refractivity contribution in [2.24, 2.45) is 5.73 Å². The number of rotatable bonds is 2. The third kappa shape index (κ3) is 2.25. The Morgan fingerprint density at radius 1 is 1.23 bits per heavy atom. The summed E-state index contributed by atoms with van der Waals surface area (Å²) in [5.41, 5.74) is 7.87. The first kappa shape index (κ1) is 14.3. The minimum atomic E-state index is -0.417. The van der Waals surface area contributed by atoms with Gasteiger partial charge in [-0.3, -0.25) is 9.36 Å². The first-order chi connectivity index (χ1) is 10.5. The summed E-state index contributed by atoms with van der Waals surface area (Å²) in [6.07, 6.45) is 0. The van der Waals surface area contributed by atoms with Crippen molar-refractivity contribution in [3.63, 3.8) is 0 Å². The molecule has 3 rings (SSSR count). The van der Waals surface area contributed by atoms with Gasteiger partial charge in [0.15, 0.2) is 0 Å². The number of phenols is 1. The second kappa shape index (κ2) is 5.27. The molecule has 112 valence electrons. The smallest absolute Gasteiger partial charge is 0.266 e. The third-order valence-corrected chi connectivity index (χ3v) is 3.63. The fraction of sp³-hybridized carbons (Fsp3) is 0.176. The highest BCUT2D eigenvalue weighted by atomic mass is 16.3. The molecular formula is C17H17N3O2. The molecule has 22 heavy (non-hydrogen) atoms. The molecule has 0 amide bonds. The zero-order valence-electron chi connectivity index (χ0n) is 12.4. The van der Waals surface area contributed by atoms with Crippen molar-refractivity contribution in [2.75, 3.05) is 0 Å². The van der Waals surface area contributed by atoms with Gasteiger partial charge < -0.3 is 10.8 Å². The standard InChI is InChI=1S/C17H17N3O2/c1-10-5-3-8-14-15(10)17(22)20(16(19-14)11(2)18)12-6-4-7-13(21)9-12/h3-9,11,21H,18H2,1-2H3. The van der Waals surface area contributed by atoms with Crippen LogP contribution in [0.5, 0.6) is 5.75 Å². The van der Waals surface area contributed by atoms with Gasteiger partial charge in [-0.05, 0) is 37.6 Å². The molecule has 0 aliphatic carbocycles. The minimum Gasteiger partial charge on any atom is -0.508 e. The lowest BCUT2D eigenvalue weighted by Gasteiger charge is -2.16. The van der Waals surface area contributed by atoms with Crippen molar-refractivity contribution < 1.29 is 5.11 Å². The fourth-order valence-corrected chi connectivity index (χ4v) is 2.60. The predicted octanol–water partition coefficient (Wildman–Crippen LogP) is 2.42. The van der Waals surface area contributed by atoms with Crippen LogP contribution >= 0.6 is 0 Å². The second-order valence-electron chi connectivity index (χ2n) is 5.39. The van der Waals surface area contributed by atoms with Gasteiger partial charge in [-0.15, -0.1) is 0 Å². The zero-order chi connectivity index (χ0) is 15.9. The molecule has 1 heterocycles. The highest BCUT2D eigenvalue weighted by Crippen LogP contribution is 2.20. The van der Waals surface area contributed by atoms with Crippen LogP contribution in [0.25, 0.3) is 16.6 Å². The van der Waals surface area contributed by atoms with Crippen LogP contribution in [0.3, 0.4) is 0 Å². The molecule has 0 saturated heterocycles. The van der Waals surface area contributed by atoms with E-state index in [-0.39, 0.29) is 11.3 Å². The SMILES string of the molecule is Cc1cccc2nc(C(C)N)n(-c3cccc(O)c3)c(=O)c12. The van der Waals surface area contributed by atoms with Gasteiger partial charge in [0, 0.05) is 6.07 Å². The van der Waals surface area contributed by atoms with Gasteiger partial charge in [-0.1, -0.05) is 18.2 Å². The Hall–Kier alpha value is -2.66. The van der Waals surface area contributed by atoms with Crippen LogP contribution in [0.4, 0.5) is 0 Å². The number of hydrogen-bond donors (Lipinski definition) is 2. The molecule has 0 aliphatic rings. The third-order valence-electron chi connectivity index (χ3n) is 3.63. The van der Waals surface area contributed by atoms with Gasteiger partial charge in [0.1, 0.15) is 11.6 Å². The quantitative estimate of drug-likeness (QED) is 0.760. The van der Waals surface area contributed by atoms with Crippen LogP contribution in [0.1, 0.15) is 24.4 Å². The van der Waals surface area contributed by atoms with Gasteiger partial charge in [-0.2, -0.15) is 0 Å². The summed E-state index contributed by atoms with van der Waals surface area (Å²) in [5.74, 6) is 0.554. The van der Waals surface area contributed by atoms with E-state index in [4.69, 9.17) is 5.73 Å². The van der Waals surface area contributed by atoms with Gasteiger partial charge >= 0.3 is 0 Å². The molecule has 0 spiro atoms. The second-order valence-corrected chi connectivity index (χ2v) is 5.39. The summed E-state index contributed by atoms with van der Waals surface area (Å²) in [4.78, 5) is 17.5. The van der Waals surface area contributed by atoms with E-state index in [0.717, 1.165) is 5.56 Å². The van der Waals surface area contributed by atoms with Crippen LogP contribution in [-0.4, -0.2) is 14.7 Å². The first-order valence-electron chi connectivity index (χ1n) is 7.06. The number of benzene rings is 2. The van der Waals surface area contributed by atoms with E-state index < -0.39 is 6.04 Å². The largest absolute Gasteiger partial charge is 0.508 e. The van der Waals surface area contributed by atoms with Crippen LogP contribution < -0.4 is 11.3 Å². The van der Waals surface area contributed by atoms with Crippen molar-refractivity contribution in [1.82, 2.24) is 9.55 Å². The highest BCUT2D eigenvalue weighted by molar-refractivity contribution is 5.81. The van der Waals surface area contributed by atoms with E-state index in [1.807, 2.05) is 25.1 Å². The Morgan fingerprint density at radius 2 is 1.95 bits per heavy atom. The number of hydrogen-bond acceptors (Lipinski definition) is 4. The lowest BCUT2D eigenvalue weighted by atomic mass is 10.1. The average molecular weight is 295 g/mol. The summed E-state index contributed by atoms with van der Waals surface area (Å²) in [6, 6.07) is 11.7. The maximum Gasteiger partial charge on any atom is 0.266 e. The molecule has 5 nitrogen and oxygen atoms in total. The van der Waals surface area contributed by atoms with E-state index in [9.17, 15) is 9.90 Å². The van der Waals surface area contributed by atoms with Crippen LogP contribution in [0.15, 0.2) is 47.3 Å². The average Bonchev–Trinajstić information content (AvgIpc) is 2.46. The molecule has 3 N–H and O–H groups in total. The number of nitrogens with zero attached hydrogens (tertiary/aromatic N) is 2. The van der Waals surface area contributed by atoms with E-state index in [2.05, 4.69) is 4.98 Å². The van der Waals surface area contributed by atoms with E-state index in [1.54, 1.807) is 25.1 Å². The van der Waals surface area contributed by atoms with Crippen LogP contribution in [-0.2, 0) is 0 Å². The summed E-state index contributed by atoms with van der Waals surface area (Å²) in [5, 5.41) is 10.3. The van der Waals surface area contributed by atoms with E-state index in [1.165, 1.54) is 10.6 Å².